The molecule has 17 heavy (non-hydrogen) atoms. The zero-order chi connectivity index (χ0) is 12.1. The molecule has 0 saturated heterocycles. The van der Waals surface area contributed by atoms with Crippen LogP contribution >= 0.6 is 11.3 Å². The molecule has 0 amide bonds. The molecule has 0 radical (unpaired) electrons. The highest BCUT2D eigenvalue weighted by molar-refractivity contribution is 7.10. The van der Waals surface area contributed by atoms with E-state index >= 15 is 0 Å². The molecule has 0 fully saturated rings. The molecular formula is C13H17N3S. The lowest BCUT2D eigenvalue weighted by molar-refractivity contribution is 0.414. The Morgan fingerprint density at radius 2 is 2.24 bits per heavy atom. The van der Waals surface area contributed by atoms with Crippen LogP contribution in [-0.2, 0) is 6.54 Å². The predicted molar refractivity (Wildman–Crippen MR) is 70.8 cm³/mol. The van der Waals surface area contributed by atoms with Crippen LogP contribution in [0, 0.1) is 5.92 Å². The van der Waals surface area contributed by atoms with Crippen molar-refractivity contribution in [2.45, 2.75) is 26.4 Å². The first-order valence-electron chi connectivity index (χ1n) is 5.79. The smallest absolute Gasteiger partial charge is 0.0724 e. The van der Waals surface area contributed by atoms with E-state index in [9.17, 15) is 0 Å². The van der Waals surface area contributed by atoms with Gasteiger partial charge in [-0.15, -0.1) is 11.3 Å². The van der Waals surface area contributed by atoms with Gasteiger partial charge < -0.3 is 5.32 Å². The Morgan fingerprint density at radius 3 is 2.82 bits per heavy atom. The fourth-order valence-electron chi connectivity index (χ4n) is 1.77. The van der Waals surface area contributed by atoms with Gasteiger partial charge in [0.2, 0.25) is 0 Å². The molecule has 0 aliphatic heterocycles. The molecule has 4 heteroatoms. The molecule has 0 aromatic carbocycles. The Bertz CT molecular complexity index is 425. The minimum Gasteiger partial charge on any atom is -0.303 e. The second-order valence-electron chi connectivity index (χ2n) is 4.31. The van der Waals surface area contributed by atoms with Crippen molar-refractivity contribution < 1.29 is 0 Å². The number of rotatable bonds is 5. The topological polar surface area (TPSA) is 37.8 Å². The van der Waals surface area contributed by atoms with Crippen LogP contribution in [0.4, 0.5) is 0 Å². The van der Waals surface area contributed by atoms with Crippen molar-refractivity contribution in [2.24, 2.45) is 5.92 Å². The Hall–Kier alpha value is -1.26. The van der Waals surface area contributed by atoms with Gasteiger partial charge in [0.1, 0.15) is 0 Å². The summed E-state index contributed by atoms with van der Waals surface area (Å²) in [6, 6.07) is 4.66. The summed E-state index contributed by atoms with van der Waals surface area (Å²) in [5, 5.41) is 5.67. The van der Waals surface area contributed by atoms with Crippen LogP contribution in [0.25, 0.3) is 0 Å². The highest BCUT2D eigenvalue weighted by Crippen LogP contribution is 2.25. The second-order valence-corrected chi connectivity index (χ2v) is 5.29. The van der Waals surface area contributed by atoms with E-state index in [-0.39, 0.29) is 0 Å². The molecule has 2 rings (SSSR count). The molecule has 0 aliphatic carbocycles. The molecule has 1 atom stereocenters. The second kappa shape index (κ2) is 5.89. The van der Waals surface area contributed by atoms with Crippen molar-refractivity contribution in [3.63, 3.8) is 0 Å². The van der Waals surface area contributed by atoms with E-state index in [1.165, 1.54) is 4.88 Å². The third kappa shape index (κ3) is 3.35. The number of nitrogens with zero attached hydrogens (tertiary/aromatic N) is 2. The van der Waals surface area contributed by atoms with Crippen LogP contribution in [0.3, 0.4) is 0 Å². The summed E-state index contributed by atoms with van der Waals surface area (Å²) in [7, 11) is 0. The molecule has 0 saturated carbocycles. The molecule has 2 aromatic rings. The van der Waals surface area contributed by atoms with Gasteiger partial charge in [0.05, 0.1) is 5.69 Å². The summed E-state index contributed by atoms with van der Waals surface area (Å²) in [5.74, 6) is 0.560. The van der Waals surface area contributed by atoms with Crippen molar-refractivity contribution in [1.82, 2.24) is 15.3 Å². The van der Waals surface area contributed by atoms with E-state index in [4.69, 9.17) is 0 Å². The van der Waals surface area contributed by atoms with Crippen LogP contribution in [0.15, 0.2) is 36.1 Å². The molecule has 0 bridgehead atoms. The first-order valence-corrected chi connectivity index (χ1v) is 6.67. The maximum atomic E-state index is 4.27. The number of nitrogens with one attached hydrogen (secondary N) is 1. The Labute approximate surface area is 106 Å². The fraction of sp³-hybridized carbons (Fsp3) is 0.385. The molecule has 1 unspecified atom stereocenters. The van der Waals surface area contributed by atoms with Gasteiger partial charge in [0.15, 0.2) is 0 Å². The molecule has 2 heterocycles. The SMILES string of the molecule is CC(C)C(NCc1cnccn1)c1cccs1. The third-order valence-electron chi connectivity index (χ3n) is 2.64. The predicted octanol–water partition coefficient (Wildman–Crippen LogP) is 3.03. The van der Waals surface area contributed by atoms with E-state index in [1.54, 1.807) is 29.9 Å². The van der Waals surface area contributed by atoms with Gasteiger partial charge in [0.25, 0.3) is 0 Å². The van der Waals surface area contributed by atoms with Gasteiger partial charge >= 0.3 is 0 Å². The first kappa shape index (κ1) is 12.2. The summed E-state index contributed by atoms with van der Waals surface area (Å²) in [6.07, 6.45) is 5.23. The van der Waals surface area contributed by atoms with E-state index in [2.05, 4.69) is 46.6 Å². The number of hydrogen-bond acceptors (Lipinski definition) is 4. The fourth-order valence-corrected chi connectivity index (χ4v) is 2.74. The van der Waals surface area contributed by atoms with Gasteiger partial charge in [0, 0.05) is 36.1 Å². The van der Waals surface area contributed by atoms with Gasteiger partial charge in [-0.3, -0.25) is 9.97 Å². The van der Waals surface area contributed by atoms with Crippen molar-refractivity contribution >= 4 is 11.3 Å². The maximum absolute atomic E-state index is 4.27. The van der Waals surface area contributed by atoms with Crippen molar-refractivity contribution in [2.75, 3.05) is 0 Å². The standard InChI is InChI=1S/C13H17N3S/c1-10(2)13(12-4-3-7-17-12)16-9-11-8-14-5-6-15-11/h3-8,10,13,16H,9H2,1-2H3. The van der Waals surface area contributed by atoms with Gasteiger partial charge in [-0.05, 0) is 17.4 Å². The lowest BCUT2D eigenvalue weighted by atomic mass is 10.0. The minimum atomic E-state index is 0.386. The Kier molecular flexibility index (Phi) is 4.23. The molecular weight excluding hydrogens is 230 g/mol. The quantitative estimate of drug-likeness (QED) is 0.882. The number of thiophene rings is 1. The van der Waals surface area contributed by atoms with E-state index in [1.807, 2.05) is 0 Å². The monoisotopic (exact) mass is 247 g/mol. The van der Waals surface area contributed by atoms with Crippen LogP contribution in [-0.4, -0.2) is 9.97 Å². The third-order valence-corrected chi connectivity index (χ3v) is 3.59. The lowest BCUT2D eigenvalue weighted by Crippen LogP contribution is -2.25. The van der Waals surface area contributed by atoms with Gasteiger partial charge in [-0.1, -0.05) is 19.9 Å². The van der Waals surface area contributed by atoms with E-state index in [0.29, 0.717) is 12.0 Å². The molecule has 2 aromatic heterocycles. The summed E-state index contributed by atoms with van der Waals surface area (Å²) in [5.41, 5.74) is 0.981. The highest BCUT2D eigenvalue weighted by Gasteiger charge is 2.16. The molecule has 0 spiro atoms. The molecule has 0 aliphatic rings. The van der Waals surface area contributed by atoms with Crippen molar-refractivity contribution in [3.8, 4) is 0 Å². The van der Waals surface area contributed by atoms with Crippen molar-refractivity contribution in [1.29, 1.82) is 0 Å². The average molecular weight is 247 g/mol. The summed E-state index contributed by atoms with van der Waals surface area (Å²) >= 11 is 1.80. The van der Waals surface area contributed by atoms with Gasteiger partial charge in [-0.2, -0.15) is 0 Å². The number of hydrogen-bond donors (Lipinski definition) is 1. The average Bonchev–Trinajstić information content (AvgIpc) is 2.84. The summed E-state index contributed by atoms with van der Waals surface area (Å²) in [6.45, 7) is 5.22. The Morgan fingerprint density at radius 1 is 1.35 bits per heavy atom. The molecule has 90 valence electrons. The van der Waals surface area contributed by atoms with Crippen LogP contribution < -0.4 is 5.32 Å². The largest absolute Gasteiger partial charge is 0.303 e. The lowest BCUT2D eigenvalue weighted by Gasteiger charge is -2.20. The number of aromatic nitrogens is 2. The van der Waals surface area contributed by atoms with E-state index in [0.717, 1.165) is 12.2 Å². The maximum Gasteiger partial charge on any atom is 0.0724 e. The van der Waals surface area contributed by atoms with Crippen LogP contribution in [0.2, 0.25) is 0 Å². The van der Waals surface area contributed by atoms with E-state index < -0.39 is 0 Å². The normalized spacial score (nSPS) is 12.9. The zero-order valence-electron chi connectivity index (χ0n) is 10.1. The molecule has 1 N–H and O–H groups in total. The zero-order valence-corrected chi connectivity index (χ0v) is 10.9. The molecule has 3 nitrogen and oxygen atoms in total. The summed E-state index contributed by atoms with van der Waals surface area (Å²) in [4.78, 5) is 9.72. The van der Waals surface area contributed by atoms with Crippen LogP contribution in [0.1, 0.15) is 30.5 Å². The Balaban J connectivity index is 2.00. The highest BCUT2D eigenvalue weighted by atomic mass is 32.1. The van der Waals surface area contributed by atoms with Crippen molar-refractivity contribution in [3.05, 3.63) is 46.7 Å². The first-order chi connectivity index (χ1) is 8.27. The van der Waals surface area contributed by atoms with Crippen LogP contribution in [0.5, 0.6) is 0 Å². The summed E-state index contributed by atoms with van der Waals surface area (Å²) < 4.78 is 0. The minimum absolute atomic E-state index is 0.386. The van der Waals surface area contributed by atoms with Gasteiger partial charge in [-0.25, -0.2) is 0 Å².